The Bertz CT molecular complexity index is 546. The third-order valence-corrected chi connectivity index (χ3v) is 3.86. The molecule has 1 saturated heterocycles. The Hall–Kier alpha value is -1.42. The van der Waals surface area contributed by atoms with Crippen LogP contribution in [0, 0.1) is 9.39 Å². The number of carbonyl (C=O) groups excluding carboxylic acids is 1. The number of ether oxygens (including phenoxy) is 1. The molecule has 0 aromatic heterocycles. The normalized spacial score (nSPS) is 21.5. The average molecular weight is 394 g/mol. The summed E-state index contributed by atoms with van der Waals surface area (Å²) in [7, 11) is 0. The Kier molecular flexibility index (Phi) is 4.43. The van der Waals surface area contributed by atoms with Crippen molar-refractivity contribution in [1.82, 2.24) is 5.32 Å². The average Bonchev–Trinajstić information content (AvgIpc) is 2.82. The van der Waals surface area contributed by atoms with Crippen molar-refractivity contribution in [2.75, 3.05) is 18.5 Å². The van der Waals surface area contributed by atoms with Gasteiger partial charge in [0, 0.05) is 16.6 Å². The molecule has 3 N–H and O–H groups in total. The number of rotatable bonds is 3. The summed E-state index contributed by atoms with van der Waals surface area (Å²) in [4.78, 5) is 23.1. The number of benzene rings is 1. The minimum absolute atomic E-state index is 0.0732. The molecule has 0 aliphatic carbocycles. The molecular formula is C12H12FIN2O4. The molecule has 1 fully saturated rings. The zero-order valence-electron chi connectivity index (χ0n) is 10.3. The summed E-state index contributed by atoms with van der Waals surface area (Å²) in [6, 6.07) is 3.22. The molecule has 1 heterocycles. The molecule has 0 spiro atoms. The minimum atomic E-state index is -1.41. The van der Waals surface area contributed by atoms with E-state index < -0.39 is 23.4 Å². The Morgan fingerprint density at radius 2 is 2.20 bits per heavy atom. The van der Waals surface area contributed by atoms with Crippen molar-refractivity contribution in [3.05, 3.63) is 27.6 Å². The van der Waals surface area contributed by atoms with Crippen LogP contribution >= 0.6 is 22.6 Å². The SMILES string of the molecule is O=C(Nc1ccc(F)cc1I)NC1(C(=O)O)CCOC1. The number of nitrogens with one attached hydrogen (secondary N) is 2. The quantitative estimate of drug-likeness (QED) is 0.683. The molecule has 1 atom stereocenters. The van der Waals surface area contributed by atoms with Crippen LogP contribution in [0.4, 0.5) is 14.9 Å². The number of aliphatic carboxylic acids is 1. The highest BCUT2D eigenvalue weighted by atomic mass is 127. The number of hydrogen-bond donors (Lipinski definition) is 3. The molecule has 108 valence electrons. The van der Waals surface area contributed by atoms with Gasteiger partial charge in [0.05, 0.1) is 12.3 Å². The molecule has 1 aromatic carbocycles. The van der Waals surface area contributed by atoms with Gasteiger partial charge in [0.2, 0.25) is 0 Å². The molecule has 6 nitrogen and oxygen atoms in total. The van der Waals surface area contributed by atoms with E-state index in [0.717, 1.165) is 0 Å². The number of urea groups is 1. The molecule has 1 unspecified atom stereocenters. The first-order valence-electron chi connectivity index (χ1n) is 5.78. The molecule has 8 heteroatoms. The van der Waals surface area contributed by atoms with Gasteiger partial charge in [-0.3, -0.25) is 0 Å². The number of carbonyl (C=O) groups is 2. The molecule has 0 saturated carbocycles. The van der Waals surface area contributed by atoms with E-state index in [-0.39, 0.29) is 19.6 Å². The first-order chi connectivity index (χ1) is 9.43. The van der Waals surface area contributed by atoms with Gasteiger partial charge in [0.25, 0.3) is 0 Å². The highest BCUT2D eigenvalue weighted by Gasteiger charge is 2.44. The van der Waals surface area contributed by atoms with Gasteiger partial charge < -0.3 is 20.5 Å². The molecule has 2 amide bonds. The van der Waals surface area contributed by atoms with E-state index in [9.17, 15) is 19.1 Å². The van der Waals surface area contributed by atoms with Crippen LogP contribution in [-0.2, 0) is 9.53 Å². The van der Waals surface area contributed by atoms with Crippen molar-refractivity contribution in [2.24, 2.45) is 0 Å². The number of amides is 2. The van der Waals surface area contributed by atoms with Crippen LogP contribution in [0.25, 0.3) is 0 Å². The van der Waals surface area contributed by atoms with Crippen LogP contribution in [0.3, 0.4) is 0 Å². The van der Waals surface area contributed by atoms with E-state index in [1.165, 1.54) is 18.2 Å². The fraction of sp³-hybridized carbons (Fsp3) is 0.333. The van der Waals surface area contributed by atoms with E-state index in [2.05, 4.69) is 10.6 Å². The monoisotopic (exact) mass is 394 g/mol. The van der Waals surface area contributed by atoms with E-state index in [1.54, 1.807) is 0 Å². The van der Waals surface area contributed by atoms with Crippen LogP contribution in [0.1, 0.15) is 6.42 Å². The lowest BCUT2D eigenvalue weighted by atomic mass is 9.99. The van der Waals surface area contributed by atoms with Crippen molar-refractivity contribution in [2.45, 2.75) is 12.0 Å². The summed E-state index contributed by atoms with van der Waals surface area (Å²) in [6.07, 6.45) is 0.205. The third-order valence-electron chi connectivity index (χ3n) is 2.96. The third kappa shape index (κ3) is 3.18. The van der Waals surface area contributed by atoms with Gasteiger partial charge in [0.15, 0.2) is 5.54 Å². The first kappa shape index (κ1) is 15.0. The largest absolute Gasteiger partial charge is 0.479 e. The van der Waals surface area contributed by atoms with Gasteiger partial charge >= 0.3 is 12.0 Å². The van der Waals surface area contributed by atoms with Crippen molar-refractivity contribution in [3.63, 3.8) is 0 Å². The van der Waals surface area contributed by atoms with Crippen molar-refractivity contribution < 1.29 is 23.8 Å². The first-order valence-corrected chi connectivity index (χ1v) is 6.86. The second-order valence-electron chi connectivity index (χ2n) is 4.39. The maximum Gasteiger partial charge on any atom is 0.332 e. The van der Waals surface area contributed by atoms with Crippen molar-refractivity contribution in [3.8, 4) is 0 Å². The van der Waals surface area contributed by atoms with Crippen LogP contribution in [0.5, 0.6) is 0 Å². The molecule has 0 radical (unpaired) electrons. The standard InChI is InChI=1S/C12H12FIN2O4/c13-7-1-2-9(8(14)5-7)15-11(19)16-12(10(17)18)3-4-20-6-12/h1-2,5H,3-4,6H2,(H,17,18)(H2,15,16,19). The zero-order valence-corrected chi connectivity index (χ0v) is 12.4. The molecular weight excluding hydrogens is 382 g/mol. The van der Waals surface area contributed by atoms with Crippen LogP contribution in [-0.4, -0.2) is 35.9 Å². The smallest absolute Gasteiger partial charge is 0.332 e. The number of carboxylic acid groups (broad SMARTS) is 1. The highest BCUT2D eigenvalue weighted by molar-refractivity contribution is 14.1. The van der Waals surface area contributed by atoms with Crippen molar-refractivity contribution in [1.29, 1.82) is 0 Å². The maximum atomic E-state index is 13.0. The zero-order chi connectivity index (χ0) is 14.8. The van der Waals surface area contributed by atoms with Crippen LogP contribution < -0.4 is 10.6 Å². The van der Waals surface area contributed by atoms with Gasteiger partial charge in [-0.05, 0) is 40.8 Å². The fourth-order valence-electron chi connectivity index (χ4n) is 1.85. The Labute approximate surface area is 127 Å². The minimum Gasteiger partial charge on any atom is -0.479 e. The van der Waals surface area contributed by atoms with E-state index >= 15 is 0 Å². The number of carboxylic acids is 1. The lowest BCUT2D eigenvalue weighted by Gasteiger charge is -2.23. The van der Waals surface area contributed by atoms with E-state index in [4.69, 9.17) is 4.74 Å². The maximum absolute atomic E-state index is 13.0. The van der Waals surface area contributed by atoms with E-state index in [1.807, 2.05) is 22.6 Å². The summed E-state index contributed by atoms with van der Waals surface area (Å²) in [5, 5.41) is 14.1. The van der Waals surface area contributed by atoms with Gasteiger partial charge in [-0.25, -0.2) is 14.0 Å². The van der Waals surface area contributed by atoms with Gasteiger partial charge in [-0.1, -0.05) is 0 Å². The van der Waals surface area contributed by atoms with Crippen LogP contribution in [0.15, 0.2) is 18.2 Å². The van der Waals surface area contributed by atoms with Gasteiger partial charge in [0.1, 0.15) is 5.82 Å². The molecule has 2 rings (SSSR count). The summed E-state index contributed by atoms with van der Waals surface area (Å²) < 4.78 is 18.5. The molecule has 0 bridgehead atoms. The van der Waals surface area contributed by atoms with Crippen LogP contribution in [0.2, 0.25) is 0 Å². The number of anilines is 1. The fourth-order valence-corrected chi connectivity index (χ4v) is 2.46. The predicted molar refractivity (Wildman–Crippen MR) is 77.1 cm³/mol. The molecule has 20 heavy (non-hydrogen) atoms. The van der Waals surface area contributed by atoms with Gasteiger partial charge in [-0.2, -0.15) is 0 Å². The predicted octanol–water partition coefficient (Wildman–Crippen LogP) is 1.80. The summed E-state index contributed by atoms with van der Waals surface area (Å²) in [5.74, 6) is -1.55. The summed E-state index contributed by atoms with van der Waals surface area (Å²) >= 11 is 1.88. The summed E-state index contributed by atoms with van der Waals surface area (Å²) in [5.41, 5.74) is -1.00. The number of halogens is 2. The number of hydrogen-bond acceptors (Lipinski definition) is 3. The highest BCUT2D eigenvalue weighted by Crippen LogP contribution is 2.21. The molecule has 1 aliphatic heterocycles. The van der Waals surface area contributed by atoms with E-state index in [0.29, 0.717) is 9.26 Å². The summed E-state index contributed by atoms with van der Waals surface area (Å²) in [6.45, 7) is 0.205. The molecule has 1 aromatic rings. The Balaban J connectivity index is 2.07. The van der Waals surface area contributed by atoms with Gasteiger partial charge in [-0.15, -0.1) is 0 Å². The Morgan fingerprint density at radius 1 is 1.45 bits per heavy atom. The second-order valence-corrected chi connectivity index (χ2v) is 5.56. The molecule has 1 aliphatic rings. The topological polar surface area (TPSA) is 87.7 Å². The Morgan fingerprint density at radius 3 is 2.75 bits per heavy atom. The second kappa shape index (κ2) is 5.92. The lowest BCUT2D eigenvalue weighted by Crippen LogP contribution is -2.56. The van der Waals surface area contributed by atoms with Crippen molar-refractivity contribution >= 4 is 40.3 Å². The lowest BCUT2D eigenvalue weighted by molar-refractivity contribution is -0.144.